The van der Waals surface area contributed by atoms with Crippen LogP contribution >= 0.6 is 0 Å². The standard InChI is InChI=1S/C20H26N2O4/c23-18(21-9-3-4-10-21)13-15-7-11-22(12-8-15)19(24)14-16-5-1-2-6-17(16)20(25)26/h1-2,5-6,15H,3-4,7-14H2,(H,25,26). The number of carboxylic acids is 1. The zero-order chi connectivity index (χ0) is 18.5. The zero-order valence-corrected chi connectivity index (χ0v) is 15.0. The lowest BCUT2D eigenvalue weighted by atomic mass is 9.92. The van der Waals surface area contributed by atoms with Crippen molar-refractivity contribution in [1.29, 1.82) is 0 Å². The molecule has 0 unspecified atom stereocenters. The molecule has 0 aromatic heterocycles. The predicted molar refractivity (Wildman–Crippen MR) is 96.8 cm³/mol. The molecule has 140 valence electrons. The van der Waals surface area contributed by atoms with Gasteiger partial charge in [-0.3, -0.25) is 9.59 Å². The number of benzene rings is 1. The van der Waals surface area contributed by atoms with E-state index in [0.717, 1.165) is 38.8 Å². The van der Waals surface area contributed by atoms with Gasteiger partial charge in [0.2, 0.25) is 11.8 Å². The van der Waals surface area contributed by atoms with E-state index in [-0.39, 0.29) is 23.8 Å². The maximum atomic E-state index is 12.5. The fourth-order valence-electron chi connectivity index (χ4n) is 3.89. The Kier molecular flexibility index (Phi) is 5.91. The molecule has 0 saturated carbocycles. The summed E-state index contributed by atoms with van der Waals surface area (Å²) in [6.45, 7) is 3.07. The van der Waals surface area contributed by atoms with Crippen LogP contribution in [0.1, 0.15) is 48.0 Å². The molecule has 2 heterocycles. The van der Waals surface area contributed by atoms with Gasteiger partial charge in [0, 0.05) is 32.6 Å². The van der Waals surface area contributed by atoms with Gasteiger partial charge in [-0.2, -0.15) is 0 Å². The number of rotatable bonds is 5. The van der Waals surface area contributed by atoms with Crippen LogP contribution in [0, 0.1) is 5.92 Å². The lowest BCUT2D eigenvalue weighted by Gasteiger charge is -2.32. The van der Waals surface area contributed by atoms with Gasteiger partial charge >= 0.3 is 5.97 Å². The number of hydrogen-bond acceptors (Lipinski definition) is 3. The molecule has 2 aliphatic rings. The van der Waals surface area contributed by atoms with Crippen molar-refractivity contribution in [2.45, 2.75) is 38.5 Å². The smallest absolute Gasteiger partial charge is 0.335 e. The molecule has 0 spiro atoms. The van der Waals surface area contributed by atoms with Crippen LogP contribution in [0.5, 0.6) is 0 Å². The maximum Gasteiger partial charge on any atom is 0.335 e. The van der Waals surface area contributed by atoms with Crippen molar-refractivity contribution >= 4 is 17.8 Å². The molecule has 3 rings (SSSR count). The normalized spacial score (nSPS) is 18.2. The van der Waals surface area contributed by atoms with E-state index in [1.807, 2.05) is 4.90 Å². The number of carbonyl (C=O) groups excluding carboxylic acids is 2. The highest BCUT2D eigenvalue weighted by molar-refractivity contribution is 5.91. The van der Waals surface area contributed by atoms with Crippen LogP contribution in [0.25, 0.3) is 0 Å². The van der Waals surface area contributed by atoms with Gasteiger partial charge in [0.15, 0.2) is 0 Å². The Morgan fingerprint density at radius 3 is 2.19 bits per heavy atom. The Hall–Kier alpha value is -2.37. The van der Waals surface area contributed by atoms with Gasteiger partial charge in [-0.15, -0.1) is 0 Å². The van der Waals surface area contributed by atoms with E-state index in [1.54, 1.807) is 23.1 Å². The Bertz CT molecular complexity index is 674. The molecule has 2 aliphatic heterocycles. The van der Waals surface area contributed by atoms with Crippen molar-refractivity contribution in [3.8, 4) is 0 Å². The quantitative estimate of drug-likeness (QED) is 0.875. The lowest BCUT2D eigenvalue weighted by Crippen LogP contribution is -2.40. The van der Waals surface area contributed by atoms with Crippen LogP contribution in [0.15, 0.2) is 24.3 Å². The van der Waals surface area contributed by atoms with Crippen molar-refractivity contribution < 1.29 is 19.5 Å². The van der Waals surface area contributed by atoms with E-state index in [2.05, 4.69) is 0 Å². The summed E-state index contributed by atoms with van der Waals surface area (Å²) in [5.41, 5.74) is 0.739. The number of nitrogens with zero attached hydrogens (tertiary/aromatic N) is 2. The summed E-state index contributed by atoms with van der Waals surface area (Å²) in [6, 6.07) is 6.65. The van der Waals surface area contributed by atoms with Crippen molar-refractivity contribution in [3.63, 3.8) is 0 Å². The summed E-state index contributed by atoms with van der Waals surface area (Å²) >= 11 is 0. The largest absolute Gasteiger partial charge is 0.478 e. The van der Waals surface area contributed by atoms with E-state index < -0.39 is 5.97 Å². The van der Waals surface area contributed by atoms with Gasteiger partial charge in [-0.25, -0.2) is 4.79 Å². The third-order valence-corrected chi connectivity index (χ3v) is 5.48. The van der Waals surface area contributed by atoms with E-state index in [0.29, 0.717) is 31.0 Å². The Morgan fingerprint density at radius 1 is 0.923 bits per heavy atom. The Balaban J connectivity index is 1.49. The second-order valence-electron chi connectivity index (χ2n) is 7.26. The molecule has 1 N–H and O–H groups in total. The van der Waals surface area contributed by atoms with Gasteiger partial charge in [0.1, 0.15) is 0 Å². The summed E-state index contributed by atoms with van der Waals surface area (Å²) in [5.74, 6) is -0.448. The van der Waals surface area contributed by atoms with E-state index >= 15 is 0 Å². The lowest BCUT2D eigenvalue weighted by molar-refractivity contribution is -0.133. The number of carbonyl (C=O) groups is 3. The van der Waals surface area contributed by atoms with E-state index in [4.69, 9.17) is 0 Å². The number of amides is 2. The average molecular weight is 358 g/mol. The third kappa shape index (κ3) is 4.42. The summed E-state index contributed by atoms with van der Waals surface area (Å²) < 4.78 is 0. The van der Waals surface area contributed by atoms with Gasteiger partial charge < -0.3 is 14.9 Å². The number of aromatic carboxylic acids is 1. The molecule has 0 radical (unpaired) electrons. The molecule has 2 fully saturated rings. The number of hydrogen-bond donors (Lipinski definition) is 1. The highest BCUT2D eigenvalue weighted by Crippen LogP contribution is 2.23. The van der Waals surface area contributed by atoms with Gasteiger partial charge in [0.05, 0.1) is 12.0 Å². The minimum absolute atomic E-state index is 0.0389. The van der Waals surface area contributed by atoms with Gasteiger partial charge in [0.25, 0.3) is 0 Å². The molecule has 0 atom stereocenters. The summed E-state index contributed by atoms with van der Waals surface area (Å²) in [6.07, 6.45) is 4.59. The summed E-state index contributed by atoms with van der Waals surface area (Å²) in [5, 5.41) is 9.24. The molecule has 2 amide bonds. The topological polar surface area (TPSA) is 77.9 Å². The first-order chi connectivity index (χ1) is 12.5. The van der Waals surface area contributed by atoms with Crippen molar-refractivity contribution in [2.24, 2.45) is 5.92 Å². The molecule has 1 aromatic rings. The molecular formula is C20H26N2O4. The average Bonchev–Trinajstić information content (AvgIpc) is 3.17. The molecular weight excluding hydrogens is 332 g/mol. The third-order valence-electron chi connectivity index (χ3n) is 5.48. The number of piperidine rings is 1. The minimum Gasteiger partial charge on any atom is -0.478 e. The number of likely N-dealkylation sites (tertiary alicyclic amines) is 2. The highest BCUT2D eigenvalue weighted by Gasteiger charge is 2.27. The molecule has 6 heteroatoms. The van der Waals surface area contributed by atoms with Gasteiger partial charge in [-0.05, 0) is 43.2 Å². The Morgan fingerprint density at radius 2 is 1.54 bits per heavy atom. The Labute approximate surface area is 153 Å². The monoisotopic (exact) mass is 358 g/mol. The molecule has 0 aliphatic carbocycles. The molecule has 26 heavy (non-hydrogen) atoms. The second-order valence-corrected chi connectivity index (χ2v) is 7.26. The first kappa shape index (κ1) is 18.4. The molecule has 0 bridgehead atoms. The van der Waals surface area contributed by atoms with Crippen LogP contribution in [0.3, 0.4) is 0 Å². The highest BCUT2D eigenvalue weighted by atomic mass is 16.4. The minimum atomic E-state index is -1.01. The van der Waals surface area contributed by atoms with Crippen molar-refractivity contribution in [1.82, 2.24) is 9.80 Å². The molecule has 2 saturated heterocycles. The van der Waals surface area contributed by atoms with Crippen molar-refractivity contribution in [2.75, 3.05) is 26.2 Å². The zero-order valence-electron chi connectivity index (χ0n) is 15.0. The van der Waals surface area contributed by atoms with Crippen molar-refractivity contribution in [3.05, 3.63) is 35.4 Å². The maximum absolute atomic E-state index is 12.5. The fraction of sp³-hybridized carbons (Fsp3) is 0.550. The second kappa shape index (κ2) is 8.34. The van der Waals surface area contributed by atoms with Gasteiger partial charge in [-0.1, -0.05) is 18.2 Å². The number of carboxylic acid groups (broad SMARTS) is 1. The van der Waals surface area contributed by atoms with Crippen LogP contribution in [-0.4, -0.2) is 58.9 Å². The van der Waals surface area contributed by atoms with E-state index in [9.17, 15) is 19.5 Å². The summed E-state index contributed by atoms with van der Waals surface area (Å²) in [7, 11) is 0. The van der Waals surface area contributed by atoms with Crippen LogP contribution < -0.4 is 0 Å². The predicted octanol–water partition coefficient (Wildman–Crippen LogP) is 2.18. The van der Waals surface area contributed by atoms with E-state index in [1.165, 1.54) is 6.07 Å². The molecule has 6 nitrogen and oxygen atoms in total. The molecule has 1 aromatic carbocycles. The first-order valence-corrected chi connectivity index (χ1v) is 9.41. The fourth-order valence-corrected chi connectivity index (χ4v) is 3.89. The SMILES string of the molecule is O=C(O)c1ccccc1CC(=O)N1CCC(CC(=O)N2CCCC2)CC1. The van der Waals surface area contributed by atoms with Crippen LogP contribution in [0.2, 0.25) is 0 Å². The van der Waals surface area contributed by atoms with Crippen LogP contribution in [-0.2, 0) is 16.0 Å². The summed E-state index contributed by atoms with van der Waals surface area (Å²) in [4.78, 5) is 39.8. The van der Waals surface area contributed by atoms with Crippen LogP contribution in [0.4, 0.5) is 0 Å². The first-order valence-electron chi connectivity index (χ1n) is 9.41.